The van der Waals surface area contributed by atoms with Crippen LogP contribution in [0.25, 0.3) is 11.1 Å². The normalized spacial score (nSPS) is 19.0. The summed E-state index contributed by atoms with van der Waals surface area (Å²) in [5.41, 5.74) is 2.71. The molecule has 4 nitrogen and oxygen atoms in total. The Hall–Kier alpha value is -1.66. The van der Waals surface area contributed by atoms with Gasteiger partial charge in [0.25, 0.3) is 0 Å². The predicted octanol–water partition coefficient (Wildman–Crippen LogP) is 5.28. The monoisotopic (exact) mass is 463 g/mol. The number of rotatable bonds is 7. The summed E-state index contributed by atoms with van der Waals surface area (Å²) in [7, 11) is -1.49. The van der Waals surface area contributed by atoms with Crippen LogP contribution in [0, 0.1) is 0 Å². The summed E-state index contributed by atoms with van der Waals surface area (Å²) in [6.45, 7) is 6.33. The van der Waals surface area contributed by atoms with Gasteiger partial charge in [-0.3, -0.25) is 9.10 Å². The Morgan fingerprint density at radius 3 is 2.54 bits per heavy atom. The van der Waals surface area contributed by atoms with Crippen LogP contribution in [0.15, 0.2) is 47.4 Å². The minimum Gasteiger partial charge on any atom is -0.493 e. The van der Waals surface area contributed by atoms with Crippen LogP contribution in [0.2, 0.25) is 0 Å². The maximum atomic E-state index is 13.1. The third-order valence-corrected chi connectivity index (χ3v) is 7.14. The van der Waals surface area contributed by atoms with Gasteiger partial charge in [-0.1, -0.05) is 46.3 Å². The van der Waals surface area contributed by atoms with Gasteiger partial charge in [0, 0.05) is 16.9 Å². The van der Waals surface area contributed by atoms with E-state index in [4.69, 9.17) is 4.74 Å². The molecule has 150 valence electrons. The van der Waals surface area contributed by atoms with E-state index < -0.39 is 11.0 Å². The van der Waals surface area contributed by atoms with Crippen molar-refractivity contribution in [3.63, 3.8) is 0 Å². The lowest BCUT2D eigenvalue weighted by Crippen LogP contribution is -2.44. The number of hydrogen-bond acceptors (Lipinski definition) is 3. The third-order valence-electron chi connectivity index (χ3n) is 4.89. The second kappa shape index (κ2) is 9.23. The van der Waals surface area contributed by atoms with E-state index in [1.54, 1.807) is 0 Å². The van der Waals surface area contributed by atoms with Gasteiger partial charge in [0.2, 0.25) is 5.91 Å². The van der Waals surface area contributed by atoms with Crippen molar-refractivity contribution in [3.8, 4) is 16.9 Å². The van der Waals surface area contributed by atoms with E-state index in [-0.39, 0.29) is 17.9 Å². The molecule has 2 unspecified atom stereocenters. The lowest BCUT2D eigenvalue weighted by atomic mass is 9.90. The zero-order valence-corrected chi connectivity index (χ0v) is 18.9. The Morgan fingerprint density at radius 1 is 1.11 bits per heavy atom. The Balaban J connectivity index is 2.05. The summed E-state index contributed by atoms with van der Waals surface area (Å²) in [5.74, 6) is 0.346. The molecule has 0 aliphatic carbocycles. The van der Waals surface area contributed by atoms with Crippen molar-refractivity contribution in [3.05, 3.63) is 48.0 Å². The molecule has 0 N–H and O–H groups in total. The van der Waals surface area contributed by atoms with Gasteiger partial charge in [0.15, 0.2) is 11.0 Å². The highest BCUT2D eigenvalue weighted by Gasteiger charge is 2.38. The number of hydrogen-bond donors (Lipinski definition) is 0. The van der Waals surface area contributed by atoms with Crippen molar-refractivity contribution >= 4 is 32.8 Å². The number of carbonyl (C=O) groups is 1. The Morgan fingerprint density at radius 2 is 1.82 bits per heavy atom. The predicted molar refractivity (Wildman–Crippen MR) is 117 cm³/mol. The van der Waals surface area contributed by atoms with E-state index in [1.807, 2.05) is 63.2 Å². The molecule has 1 aliphatic heterocycles. The number of ether oxygens (including phenoxy) is 1. The lowest BCUT2D eigenvalue weighted by molar-refractivity contribution is -0.128. The minimum atomic E-state index is -1.49. The summed E-state index contributed by atoms with van der Waals surface area (Å²) in [4.78, 5) is 13.7. The molecule has 0 aromatic heterocycles. The second-order valence-electron chi connectivity index (χ2n) is 7.19. The Labute approximate surface area is 178 Å². The number of carbonyl (C=O) groups excluding carboxylic acids is 1. The van der Waals surface area contributed by atoms with Crippen LogP contribution >= 0.6 is 15.9 Å². The first-order valence-corrected chi connectivity index (χ1v) is 11.9. The molecule has 0 spiro atoms. The molecule has 2 aromatic rings. The smallest absolute Gasteiger partial charge is 0.242 e. The number of nitrogens with zero attached hydrogens (tertiary/aromatic N) is 1. The molecule has 0 bridgehead atoms. The van der Waals surface area contributed by atoms with E-state index in [2.05, 4.69) is 15.9 Å². The standard InChI is InChI=1S/C22H26BrNO3S/c1-15(2)24-22(25)16(3)21-18(10-8-12-20(21)28(24)26)17-9-4-5-11-19(17)27-14-7-6-13-23/h4-5,8-12,15-16H,6-7,13-14H2,1-3H3. The van der Waals surface area contributed by atoms with Crippen molar-refractivity contribution in [2.45, 2.75) is 50.5 Å². The van der Waals surface area contributed by atoms with Gasteiger partial charge in [-0.05, 0) is 56.9 Å². The molecule has 1 amide bonds. The molecular formula is C22H26BrNO3S. The van der Waals surface area contributed by atoms with Gasteiger partial charge in [-0.25, -0.2) is 4.21 Å². The Bertz CT molecular complexity index is 884. The molecule has 0 saturated heterocycles. The SMILES string of the molecule is CC1C(=O)N(C(C)C)S(=O)c2cccc(-c3ccccc3OCCCCBr)c21. The zero-order chi connectivity index (χ0) is 20.3. The first-order chi connectivity index (χ1) is 13.5. The van der Waals surface area contributed by atoms with Crippen molar-refractivity contribution in [1.29, 1.82) is 0 Å². The number of para-hydroxylation sites is 1. The number of halogens is 1. The maximum absolute atomic E-state index is 13.1. The molecular weight excluding hydrogens is 438 g/mol. The molecule has 2 aromatic carbocycles. The molecule has 0 saturated carbocycles. The van der Waals surface area contributed by atoms with E-state index in [0.717, 1.165) is 40.6 Å². The van der Waals surface area contributed by atoms with Crippen LogP contribution in [0.4, 0.5) is 0 Å². The van der Waals surface area contributed by atoms with Gasteiger partial charge in [-0.15, -0.1) is 0 Å². The fraction of sp³-hybridized carbons (Fsp3) is 0.409. The maximum Gasteiger partial charge on any atom is 0.242 e. The number of fused-ring (bicyclic) bond motifs is 1. The van der Waals surface area contributed by atoms with Crippen LogP contribution in [-0.2, 0) is 15.8 Å². The fourth-order valence-electron chi connectivity index (χ4n) is 3.52. The second-order valence-corrected chi connectivity index (χ2v) is 9.31. The summed E-state index contributed by atoms with van der Waals surface area (Å²) >= 11 is 3.44. The summed E-state index contributed by atoms with van der Waals surface area (Å²) in [5, 5.41) is 0.960. The molecule has 28 heavy (non-hydrogen) atoms. The first kappa shape index (κ1) is 21.1. The average Bonchev–Trinajstić information content (AvgIpc) is 2.69. The molecule has 6 heteroatoms. The van der Waals surface area contributed by atoms with Crippen molar-refractivity contribution in [2.24, 2.45) is 0 Å². The van der Waals surface area contributed by atoms with Crippen molar-refractivity contribution in [2.75, 3.05) is 11.9 Å². The van der Waals surface area contributed by atoms with E-state index in [0.29, 0.717) is 11.5 Å². The molecule has 1 heterocycles. The number of benzene rings is 2. The minimum absolute atomic E-state index is 0.0935. The zero-order valence-electron chi connectivity index (χ0n) is 16.5. The molecule has 0 fully saturated rings. The molecule has 3 rings (SSSR count). The van der Waals surface area contributed by atoms with E-state index in [1.165, 1.54) is 4.31 Å². The number of amides is 1. The van der Waals surface area contributed by atoms with Crippen LogP contribution in [0.5, 0.6) is 5.75 Å². The van der Waals surface area contributed by atoms with Crippen LogP contribution in [0.3, 0.4) is 0 Å². The van der Waals surface area contributed by atoms with E-state index in [9.17, 15) is 9.00 Å². The van der Waals surface area contributed by atoms with Crippen LogP contribution < -0.4 is 4.74 Å². The first-order valence-electron chi connectivity index (χ1n) is 9.63. The fourth-order valence-corrected chi connectivity index (χ4v) is 5.50. The molecule has 0 radical (unpaired) electrons. The summed E-state index contributed by atoms with van der Waals surface area (Å²) < 4.78 is 20.6. The van der Waals surface area contributed by atoms with Crippen molar-refractivity contribution < 1.29 is 13.7 Å². The van der Waals surface area contributed by atoms with Gasteiger partial charge in [-0.2, -0.15) is 0 Å². The molecule has 2 atom stereocenters. The van der Waals surface area contributed by atoms with Gasteiger partial charge in [0.05, 0.1) is 17.4 Å². The van der Waals surface area contributed by atoms with E-state index >= 15 is 0 Å². The average molecular weight is 464 g/mol. The topological polar surface area (TPSA) is 46.6 Å². The number of alkyl halides is 1. The quantitative estimate of drug-likeness (QED) is 0.414. The summed E-state index contributed by atoms with van der Waals surface area (Å²) in [6, 6.07) is 13.5. The largest absolute Gasteiger partial charge is 0.493 e. The van der Waals surface area contributed by atoms with Crippen LogP contribution in [-0.4, -0.2) is 32.4 Å². The van der Waals surface area contributed by atoms with Gasteiger partial charge in [0.1, 0.15) is 5.75 Å². The number of unbranched alkanes of at least 4 members (excludes halogenated alkanes) is 1. The van der Waals surface area contributed by atoms with Gasteiger partial charge < -0.3 is 4.74 Å². The highest BCUT2D eigenvalue weighted by atomic mass is 79.9. The van der Waals surface area contributed by atoms with Gasteiger partial charge >= 0.3 is 0 Å². The van der Waals surface area contributed by atoms with Crippen molar-refractivity contribution in [1.82, 2.24) is 4.31 Å². The highest BCUT2D eigenvalue weighted by Crippen LogP contribution is 2.42. The molecule has 1 aliphatic rings. The highest BCUT2D eigenvalue weighted by molar-refractivity contribution is 9.09. The summed E-state index contributed by atoms with van der Waals surface area (Å²) in [6.07, 6.45) is 2.02. The van der Waals surface area contributed by atoms with Crippen LogP contribution in [0.1, 0.15) is 45.1 Å². The lowest BCUT2D eigenvalue weighted by Gasteiger charge is -2.35. The third kappa shape index (κ3) is 4.03. The Kier molecular flexibility index (Phi) is 6.94.